The Labute approximate surface area is 192 Å². The summed E-state index contributed by atoms with van der Waals surface area (Å²) < 4.78 is 10.1. The molecule has 0 aromatic heterocycles. The number of alkyl carbamates (subject to hydrolysis) is 1. The highest BCUT2D eigenvalue weighted by Crippen LogP contribution is 2.30. The van der Waals surface area contributed by atoms with Gasteiger partial charge >= 0.3 is 6.09 Å². The normalized spacial score (nSPS) is 20.2. The first kappa shape index (κ1) is 24.2. The SMILES string of the molecule is CC(C)(C)OC(=O)NC1CCC1.COc1ccc2c(c1)C(=O)N(C1CCC(=O)NC1=O)C2=O. The number of piperidine rings is 1. The zero-order chi connectivity index (χ0) is 24.3. The van der Waals surface area contributed by atoms with Crippen LogP contribution < -0.4 is 15.4 Å². The first-order valence-corrected chi connectivity index (χ1v) is 10.9. The largest absolute Gasteiger partial charge is 0.497 e. The third-order valence-corrected chi connectivity index (χ3v) is 5.47. The third kappa shape index (κ3) is 5.68. The second kappa shape index (κ2) is 9.60. The molecule has 0 spiro atoms. The topological polar surface area (TPSA) is 131 Å². The van der Waals surface area contributed by atoms with E-state index in [4.69, 9.17) is 9.47 Å². The van der Waals surface area contributed by atoms with Gasteiger partial charge in [-0.2, -0.15) is 0 Å². The van der Waals surface area contributed by atoms with Gasteiger partial charge in [-0.3, -0.25) is 29.4 Å². The summed E-state index contributed by atoms with van der Waals surface area (Å²) in [6.07, 6.45) is 3.38. The Morgan fingerprint density at radius 3 is 2.27 bits per heavy atom. The number of nitrogens with zero attached hydrogens (tertiary/aromatic N) is 1. The van der Waals surface area contributed by atoms with Crippen molar-refractivity contribution in [3.05, 3.63) is 29.3 Å². The zero-order valence-corrected chi connectivity index (χ0v) is 19.2. The van der Waals surface area contributed by atoms with E-state index < -0.39 is 29.7 Å². The highest BCUT2D eigenvalue weighted by atomic mass is 16.6. The molecular weight excluding hydrogens is 430 g/mol. The van der Waals surface area contributed by atoms with Crippen molar-refractivity contribution < 1.29 is 33.4 Å². The first-order valence-electron chi connectivity index (χ1n) is 10.9. The predicted molar refractivity (Wildman–Crippen MR) is 117 cm³/mol. The number of rotatable bonds is 3. The summed E-state index contributed by atoms with van der Waals surface area (Å²) >= 11 is 0. The van der Waals surface area contributed by atoms with Gasteiger partial charge in [0, 0.05) is 12.5 Å². The Kier molecular flexibility index (Phi) is 7.04. The Hall–Kier alpha value is -3.43. The van der Waals surface area contributed by atoms with Crippen molar-refractivity contribution in [2.45, 2.75) is 70.6 Å². The van der Waals surface area contributed by atoms with Gasteiger partial charge in [-0.15, -0.1) is 0 Å². The van der Waals surface area contributed by atoms with Crippen molar-refractivity contribution in [3.8, 4) is 5.75 Å². The van der Waals surface area contributed by atoms with E-state index in [1.807, 2.05) is 20.8 Å². The molecule has 3 aliphatic rings. The van der Waals surface area contributed by atoms with Crippen LogP contribution in [0.5, 0.6) is 5.75 Å². The standard InChI is InChI=1S/C14H12N2O5.C9H17NO2/c1-21-7-2-3-8-9(6-7)14(20)16(13(8)19)10-4-5-11(17)15-12(10)18;1-9(2,3)12-8(11)10-7-5-4-6-7/h2-3,6,10H,4-5H2,1H3,(H,15,17,18);7H,4-6H2,1-3H3,(H,10,11). The molecule has 10 heteroatoms. The fraction of sp³-hybridized carbons (Fsp3) is 0.522. The molecule has 0 radical (unpaired) electrons. The molecule has 1 atom stereocenters. The number of benzene rings is 1. The van der Waals surface area contributed by atoms with Crippen LogP contribution in [0.4, 0.5) is 4.79 Å². The van der Waals surface area contributed by atoms with Gasteiger partial charge in [0.1, 0.15) is 17.4 Å². The van der Waals surface area contributed by atoms with E-state index in [1.54, 1.807) is 6.07 Å². The second-order valence-corrected chi connectivity index (χ2v) is 9.13. The van der Waals surface area contributed by atoms with Gasteiger partial charge in [-0.05, 0) is 64.7 Å². The number of nitrogens with one attached hydrogen (secondary N) is 2. The molecular formula is C23H29N3O7. The van der Waals surface area contributed by atoms with E-state index >= 15 is 0 Å². The minimum absolute atomic E-state index is 0.104. The molecule has 2 fully saturated rings. The lowest BCUT2D eigenvalue weighted by atomic mass is 9.93. The van der Waals surface area contributed by atoms with Crippen molar-refractivity contribution in [1.29, 1.82) is 0 Å². The minimum Gasteiger partial charge on any atom is -0.497 e. The highest BCUT2D eigenvalue weighted by Gasteiger charge is 2.44. The molecule has 33 heavy (non-hydrogen) atoms. The van der Waals surface area contributed by atoms with Crippen LogP contribution in [0.2, 0.25) is 0 Å². The summed E-state index contributed by atoms with van der Waals surface area (Å²) in [5, 5.41) is 4.96. The molecule has 178 valence electrons. The number of hydrogen-bond donors (Lipinski definition) is 2. The Bertz CT molecular complexity index is 979. The minimum atomic E-state index is -0.943. The molecule has 5 amide bonds. The molecule has 10 nitrogen and oxygen atoms in total. The van der Waals surface area contributed by atoms with Gasteiger partial charge in [0.2, 0.25) is 11.8 Å². The zero-order valence-electron chi connectivity index (χ0n) is 19.2. The van der Waals surface area contributed by atoms with Crippen LogP contribution >= 0.6 is 0 Å². The van der Waals surface area contributed by atoms with E-state index in [0.717, 1.165) is 17.7 Å². The molecule has 1 unspecified atom stereocenters. The van der Waals surface area contributed by atoms with Gasteiger partial charge < -0.3 is 14.8 Å². The average Bonchev–Trinajstić information content (AvgIpc) is 2.94. The van der Waals surface area contributed by atoms with Crippen molar-refractivity contribution >= 4 is 29.7 Å². The molecule has 1 saturated heterocycles. The van der Waals surface area contributed by atoms with E-state index in [0.29, 0.717) is 11.8 Å². The van der Waals surface area contributed by atoms with Gasteiger partial charge in [-0.1, -0.05) is 0 Å². The van der Waals surface area contributed by atoms with Gasteiger partial charge in [0.25, 0.3) is 11.8 Å². The monoisotopic (exact) mass is 459 g/mol. The van der Waals surface area contributed by atoms with Crippen molar-refractivity contribution in [3.63, 3.8) is 0 Å². The predicted octanol–water partition coefficient (Wildman–Crippen LogP) is 2.16. The highest BCUT2D eigenvalue weighted by molar-refractivity contribution is 6.23. The second-order valence-electron chi connectivity index (χ2n) is 9.13. The van der Waals surface area contributed by atoms with Gasteiger partial charge in [0.05, 0.1) is 18.2 Å². The van der Waals surface area contributed by atoms with Crippen LogP contribution in [0, 0.1) is 0 Å². The third-order valence-electron chi connectivity index (χ3n) is 5.47. The summed E-state index contributed by atoms with van der Waals surface area (Å²) in [5.41, 5.74) is 0.0722. The summed E-state index contributed by atoms with van der Waals surface area (Å²) in [6, 6.07) is 3.97. The van der Waals surface area contributed by atoms with Crippen LogP contribution in [0.15, 0.2) is 18.2 Å². The Balaban J connectivity index is 0.000000218. The molecule has 2 heterocycles. The summed E-state index contributed by atoms with van der Waals surface area (Å²) in [5.74, 6) is -1.61. The van der Waals surface area contributed by atoms with E-state index in [9.17, 15) is 24.0 Å². The lowest BCUT2D eigenvalue weighted by Crippen LogP contribution is -2.54. The number of fused-ring (bicyclic) bond motifs is 1. The number of carbonyl (C=O) groups is 5. The maximum atomic E-state index is 12.4. The van der Waals surface area contributed by atoms with Crippen LogP contribution in [0.1, 0.15) is 73.6 Å². The molecule has 2 aliphatic heterocycles. The Morgan fingerprint density at radius 2 is 1.73 bits per heavy atom. The van der Waals surface area contributed by atoms with Crippen LogP contribution in [-0.2, 0) is 14.3 Å². The van der Waals surface area contributed by atoms with E-state index in [2.05, 4.69) is 10.6 Å². The first-order chi connectivity index (χ1) is 15.5. The lowest BCUT2D eigenvalue weighted by Gasteiger charge is -2.28. The fourth-order valence-electron chi connectivity index (χ4n) is 3.60. The molecule has 1 aromatic rings. The molecule has 1 saturated carbocycles. The number of carbonyl (C=O) groups excluding carboxylic acids is 5. The molecule has 2 N–H and O–H groups in total. The van der Waals surface area contributed by atoms with Crippen LogP contribution in [-0.4, -0.2) is 59.4 Å². The molecule has 0 bridgehead atoms. The number of hydrogen-bond acceptors (Lipinski definition) is 7. The fourth-order valence-corrected chi connectivity index (χ4v) is 3.60. The van der Waals surface area contributed by atoms with Crippen LogP contribution in [0.3, 0.4) is 0 Å². The van der Waals surface area contributed by atoms with Gasteiger partial charge in [0.15, 0.2) is 0 Å². The number of amides is 5. The molecule has 1 aliphatic carbocycles. The van der Waals surface area contributed by atoms with Crippen molar-refractivity contribution in [1.82, 2.24) is 15.5 Å². The van der Waals surface area contributed by atoms with Gasteiger partial charge in [-0.25, -0.2) is 4.79 Å². The number of methoxy groups -OCH3 is 1. The average molecular weight is 459 g/mol. The van der Waals surface area contributed by atoms with E-state index in [-0.39, 0.29) is 35.7 Å². The number of imide groups is 2. The Morgan fingerprint density at radius 1 is 1.06 bits per heavy atom. The maximum Gasteiger partial charge on any atom is 0.407 e. The smallest absolute Gasteiger partial charge is 0.407 e. The van der Waals surface area contributed by atoms with Crippen LogP contribution in [0.25, 0.3) is 0 Å². The van der Waals surface area contributed by atoms with E-state index in [1.165, 1.54) is 25.7 Å². The summed E-state index contributed by atoms with van der Waals surface area (Å²) in [6.45, 7) is 5.61. The van der Waals surface area contributed by atoms with Crippen molar-refractivity contribution in [2.75, 3.05) is 7.11 Å². The summed E-state index contributed by atoms with van der Waals surface area (Å²) in [4.78, 5) is 59.8. The van der Waals surface area contributed by atoms with Crippen molar-refractivity contribution in [2.24, 2.45) is 0 Å². The maximum absolute atomic E-state index is 12.4. The number of ether oxygens (including phenoxy) is 2. The summed E-state index contributed by atoms with van der Waals surface area (Å²) in [7, 11) is 1.46. The quantitative estimate of drug-likeness (QED) is 0.662. The lowest BCUT2D eigenvalue weighted by molar-refractivity contribution is -0.136. The molecule has 1 aromatic carbocycles. The molecule has 4 rings (SSSR count).